The van der Waals surface area contributed by atoms with Gasteiger partial charge in [0.1, 0.15) is 48.5 Å². The second-order valence-electron chi connectivity index (χ2n) is 12.5. The molecule has 5 heterocycles. The highest BCUT2D eigenvalue weighted by atomic mass is 32.2. The predicted octanol–water partition coefficient (Wildman–Crippen LogP) is -3.33. The van der Waals surface area contributed by atoms with Crippen molar-refractivity contribution in [3.63, 3.8) is 0 Å². The molecule has 3 aliphatic heterocycles. The lowest BCUT2D eigenvalue weighted by molar-refractivity contribution is -0.0821. The minimum absolute atomic E-state index is 0.00278. The first kappa shape index (κ1) is 41.5. The quantitative estimate of drug-likeness (QED) is 0.0390. The van der Waals surface area contributed by atoms with Crippen LogP contribution in [-0.2, 0) is 43.6 Å². The number of nitrogens with two attached hydrogens (primary N) is 1. The number of sulfone groups is 1. The number of benzene rings is 1. The van der Waals surface area contributed by atoms with Crippen LogP contribution < -0.4 is 17.0 Å². The monoisotopic (exact) mass is 849 g/mol. The number of hydrogen-bond acceptors (Lipinski definition) is 21. The summed E-state index contributed by atoms with van der Waals surface area (Å²) >= 11 is 0. The molecule has 0 radical (unpaired) electrons. The smallest absolute Gasteiger partial charge is 0.388 e. The van der Waals surface area contributed by atoms with Crippen molar-refractivity contribution in [1.82, 2.24) is 39.0 Å². The minimum Gasteiger partial charge on any atom is -0.388 e. The third kappa shape index (κ3) is 8.41. The fraction of sp³-hybridized carbons (Fsp3) is 0.444. The van der Waals surface area contributed by atoms with Gasteiger partial charge in [-0.15, -0.1) is 0 Å². The second-order valence-corrected chi connectivity index (χ2v) is 17.5. The number of H-pyrrole nitrogens is 1. The number of nitrogens with one attached hydrogen (secondary N) is 1. The van der Waals surface area contributed by atoms with Gasteiger partial charge in [-0.3, -0.25) is 23.4 Å². The van der Waals surface area contributed by atoms with Crippen LogP contribution in [0.3, 0.4) is 0 Å². The SMILES string of the molecule is Cc1cc2nc3c(=O)[nH]c(=O)nc-3n(CC(O)C(O)C(O)COP(=O)(OCC3OC(n4cnc5c(N)ncnc54)C(O)C3O)OP(=O)(O)O)c2cc1S(C)(=O)=O. The zero-order valence-corrected chi connectivity index (χ0v) is 31.3. The Labute approximate surface area is 312 Å². The van der Waals surface area contributed by atoms with Crippen LogP contribution in [0.15, 0.2) is 39.3 Å². The topological polar surface area (TPSA) is 397 Å². The van der Waals surface area contributed by atoms with E-state index >= 15 is 0 Å². The number of phosphoric ester groups is 1. The fourth-order valence-electron chi connectivity index (χ4n) is 5.86. The van der Waals surface area contributed by atoms with Crippen molar-refractivity contribution < 1.29 is 71.0 Å². The van der Waals surface area contributed by atoms with E-state index in [0.29, 0.717) is 0 Å². The molecule has 29 heteroatoms. The van der Waals surface area contributed by atoms with Crippen molar-refractivity contribution in [3.8, 4) is 11.5 Å². The maximum Gasteiger partial charge on any atom is 0.483 e. The summed E-state index contributed by atoms with van der Waals surface area (Å²) in [7, 11) is -15.0. The van der Waals surface area contributed by atoms with E-state index in [0.717, 1.165) is 23.2 Å². The third-order valence-corrected chi connectivity index (χ3v) is 12.3. The van der Waals surface area contributed by atoms with Gasteiger partial charge in [0.2, 0.25) is 0 Å². The minimum atomic E-state index is -5.69. The largest absolute Gasteiger partial charge is 0.483 e. The maximum atomic E-state index is 13.4. The van der Waals surface area contributed by atoms with Crippen molar-refractivity contribution >= 4 is 53.5 Å². The van der Waals surface area contributed by atoms with Crippen molar-refractivity contribution in [2.24, 2.45) is 0 Å². The number of nitrogen functional groups attached to an aromatic ring is 1. The second kappa shape index (κ2) is 15.3. The Balaban J connectivity index is 1.19. The van der Waals surface area contributed by atoms with Gasteiger partial charge in [-0.25, -0.2) is 42.3 Å². The number of aliphatic hydroxyl groups is 5. The number of aryl methyl sites for hydroxylation is 1. The Kier molecular flexibility index (Phi) is 11.3. The zero-order chi connectivity index (χ0) is 41.1. The number of nitrogens with zero attached hydrogens (tertiary/aromatic N) is 7. The number of imidazole rings is 1. The van der Waals surface area contributed by atoms with Crippen molar-refractivity contribution in [2.75, 3.05) is 25.2 Å². The average molecular weight is 850 g/mol. The highest BCUT2D eigenvalue weighted by molar-refractivity contribution is 7.90. The van der Waals surface area contributed by atoms with Gasteiger partial charge >= 0.3 is 21.3 Å². The average Bonchev–Trinajstić information content (AvgIpc) is 3.65. The first-order valence-electron chi connectivity index (χ1n) is 15.9. The van der Waals surface area contributed by atoms with Crippen LogP contribution in [0.4, 0.5) is 5.82 Å². The Morgan fingerprint density at radius 3 is 2.43 bits per heavy atom. The van der Waals surface area contributed by atoms with Crippen molar-refractivity contribution in [1.29, 1.82) is 0 Å². The molecule has 0 bridgehead atoms. The zero-order valence-electron chi connectivity index (χ0n) is 28.7. The highest BCUT2D eigenvalue weighted by Gasteiger charge is 2.47. The molecular weight excluding hydrogens is 816 g/mol. The van der Waals surface area contributed by atoms with Crippen molar-refractivity contribution in [3.05, 3.63) is 51.2 Å². The molecule has 0 saturated carbocycles. The molecule has 0 aliphatic carbocycles. The Morgan fingerprint density at radius 1 is 1.04 bits per heavy atom. The molecule has 10 N–H and O–H groups in total. The molecule has 0 spiro atoms. The van der Waals surface area contributed by atoms with E-state index in [-0.39, 0.29) is 38.5 Å². The highest BCUT2D eigenvalue weighted by Crippen LogP contribution is 2.61. The van der Waals surface area contributed by atoms with Crippen LogP contribution in [0.5, 0.6) is 0 Å². The first-order valence-corrected chi connectivity index (χ1v) is 20.7. The predicted molar refractivity (Wildman–Crippen MR) is 185 cm³/mol. The summed E-state index contributed by atoms with van der Waals surface area (Å²) in [6, 6.07) is 2.46. The number of phosphoric acid groups is 2. The molecular formula is C27H33N9O17P2S. The third-order valence-electron chi connectivity index (χ3n) is 8.47. The van der Waals surface area contributed by atoms with E-state index in [1.807, 2.05) is 4.98 Å². The summed E-state index contributed by atoms with van der Waals surface area (Å²) in [6.45, 7) is -1.66. The van der Waals surface area contributed by atoms with Crippen LogP contribution in [0, 0.1) is 6.92 Å². The molecule has 0 amide bonds. The van der Waals surface area contributed by atoms with Crippen LogP contribution in [-0.4, -0.2) is 139 Å². The van der Waals surface area contributed by atoms with Gasteiger partial charge in [0, 0.05) is 6.26 Å². The number of hydrogen-bond donors (Lipinski definition) is 9. The number of aromatic nitrogens is 8. The van der Waals surface area contributed by atoms with Crippen molar-refractivity contribution in [2.45, 2.75) is 61.2 Å². The summed E-state index contributed by atoms with van der Waals surface area (Å²) < 4.78 is 72.0. The number of fused-ring (bicyclic) bond motifs is 3. The molecule has 6 rings (SSSR count). The Bertz CT molecular complexity index is 2600. The van der Waals surface area contributed by atoms with Gasteiger partial charge in [-0.1, -0.05) is 0 Å². The van der Waals surface area contributed by atoms with Gasteiger partial charge in [-0.05, 0) is 24.6 Å². The van der Waals surface area contributed by atoms with E-state index in [2.05, 4.69) is 29.2 Å². The molecule has 56 heavy (non-hydrogen) atoms. The lowest BCUT2D eigenvalue weighted by Gasteiger charge is -2.27. The Hall–Kier alpha value is -4.18. The molecule has 1 aromatic carbocycles. The van der Waals surface area contributed by atoms with Gasteiger partial charge in [0.05, 0.1) is 42.0 Å². The van der Waals surface area contributed by atoms with Gasteiger partial charge in [0.15, 0.2) is 39.0 Å². The fourth-order valence-corrected chi connectivity index (χ4v) is 8.99. The summed E-state index contributed by atoms with van der Waals surface area (Å²) in [6.07, 6.45) is -9.80. The number of rotatable bonds is 14. The van der Waals surface area contributed by atoms with Crippen LogP contribution in [0.1, 0.15) is 11.8 Å². The molecule has 2 aromatic heterocycles. The summed E-state index contributed by atoms with van der Waals surface area (Å²) in [5.41, 5.74) is 3.66. The van der Waals surface area contributed by atoms with Crippen LogP contribution >= 0.6 is 15.6 Å². The Morgan fingerprint density at radius 2 is 1.75 bits per heavy atom. The van der Waals surface area contributed by atoms with Crippen LogP contribution in [0.25, 0.3) is 33.7 Å². The normalized spacial score (nSPS) is 22.1. The van der Waals surface area contributed by atoms with Gasteiger partial charge in [-0.2, -0.15) is 9.29 Å². The van der Waals surface area contributed by atoms with Gasteiger partial charge < -0.3 is 50.4 Å². The molecule has 26 nitrogen and oxygen atoms in total. The lowest BCUT2D eigenvalue weighted by atomic mass is 10.1. The standard InChI is InChI=1S/C27H33N9O17P2S/c1-10-3-11-12(4-16(10)56(2,48)49)35(24-18(32-11)25(42)34-27(43)33-24)5-13(37)19(39)14(38)6-50-55(47,53-54(44,45)46)51-7-15-20(40)21(41)26(52-15)36-9-31-17-22(28)29-8-30-23(17)36/h3-4,8-9,13-15,19-21,26,37-41H,5-7H2,1-2H3,(H2,28,29,30)(H,34,42,43)(H2,44,45,46). The summed E-state index contributed by atoms with van der Waals surface area (Å²) in [5, 5.41) is 53.9. The lowest BCUT2D eigenvalue weighted by Crippen LogP contribution is -2.42. The number of aliphatic hydroxyl groups excluding tert-OH is 5. The van der Waals surface area contributed by atoms with E-state index < -0.39 is 111 Å². The van der Waals surface area contributed by atoms with E-state index in [1.54, 1.807) is 0 Å². The maximum absolute atomic E-state index is 13.4. The molecule has 304 valence electrons. The molecule has 3 aliphatic rings. The van der Waals surface area contributed by atoms with Crippen LogP contribution in [0.2, 0.25) is 0 Å². The molecule has 1 saturated heterocycles. The first-order chi connectivity index (χ1) is 26.1. The number of ether oxygens (including phenoxy) is 1. The summed E-state index contributed by atoms with van der Waals surface area (Å²) in [5.74, 6) is -0.446. The van der Waals surface area contributed by atoms with E-state index in [1.165, 1.54) is 23.9 Å². The summed E-state index contributed by atoms with van der Waals surface area (Å²) in [4.78, 5) is 65.1. The van der Waals surface area contributed by atoms with E-state index in [9.17, 15) is 62.5 Å². The number of anilines is 1. The molecule has 8 unspecified atom stereocenters. The molecule has 3 aromatic rings. The molecule has 1 fully saturated rings. The number of aromatic amines is 1. The van der Waals surface area contributed by atoms with Gasteiger partial charge in [0.25, 0.3) is 5.56 Å². The van der Waals surface area contributed by atoms with E-state index in [4.69, 9.17) is 19.5 Å². The molecule has 8 atom stereocenters.